The van der Waals surface area contributed by atoms with Crippen molar-refractivity contribution in [2.75, 3.05) is 40.5 Å². The summed E-state index contributed by atoms with van der Waals surface area (Å²) >= 11 is 0. The number of ether oxygens (including phenoxy) is 4. The van der Waals surface area contributed by atoms with Crippen molar-refractivity contribution < 1.29 is 28.5 Å². The first kappa shape index (κ1) is 21.4. The van der Waals surface area contributed by atoms with Gasteiger partial charge in [-0.1, -0.05) is 30.3 Å². The summed E-state index contributed by atoms with van der Waals surface area (Å²) in [4.78, 5) is 27.2. The van der Waals surface area contributed by atoms with E-state index in [9.17, 15) is 9.59 Å². The van der Waals surface area contributed by atoms with Gasteiger partial charge in [-0.15, -0.1) is 0 Å². The Kier molecular flexibility index (Phi) is 7.45. The van der Waals surface area contributed by atoms with Gasteiger partial charge in [0.05, 0.1) is 27.4 Å². The molecule has 0 unspecified atom stereocenters. The Morgan fingerprint density at radius 1 is 1.03 bits per heavy atom. The zero-order chi connectivity index (χ0) is 21.3. The average Bonchev–Trinajstić information content (AvgIpc) is 2.81. The van der Waals surface area contributed by atoms with Crippen LogP contribution in [0.4, 0.5) is 0 Å². The van der Waals surface area contributed by atoms with Gasteiger partial charge in [0.15, 0.2) is 0 Å². The number of esters is 1. The van der Waals surface area contributed by atoms with Gasteiger partial charge in [0.1, 0.15) is 11.5 Å². The van der Waals surface area contributed by atoms with Gasteiger partial charge < -0.3 is 23.8 Å². The maximum Gasteiger partial charge on any atom is 0.331 e. The van der Waals surface area contributed by atoms with Crippen LogP contribution in [0.25, 0.3) is 6.08 Å². The summed E-state index contributed by atoms with van der Waals surface area (Å²) in [6.45, 7) is 1.88. The maximum atomic E-state index is 13.0. The van der Waals surface area contributed by atoms with Crippen LogP contribution in [0.2, 0.25) is 0 Å². The standard InChI is InChI=1S/C23H25NO6/c1-27-19-10-8-17(20(16-19)28-2)9-11-21(25)30-22(18-6-4-3-5-7-18)23(26)24-12-14-29-15-13-24/h3-11,16,22H,12-15H2,1-2H3/b11-9+/t22-/m1/s1. The normalized spacial score (nSPS) is 14.9. The summed E-state index contributed by atoms with van der Waals surface area (Å²) in [7, 11) is 3.10. The third-order valence-corrected chi connectivity index (χ3v) is 4.72. The molecular formula is C23H25NO6. The van der Waals surface area contributed by atoms with Crippen LogP contribution in [0.15, 0.2) is 54.6 Å². The molecule has 1 fully saturated rings. The second-order valence-corrected chi connectivity index (χ2v) is 6.61. The van der Waals surface area contributed by atoms with E-state index in [2.05, 4.69) is 0 Å². The van der Waals surface area contributed by atoms with Gasteiger partial charge in [-0.05, 0) is 18.2 Å². The smallest absolute Gasteiger partial charge is 0.331 e. The monoisotopic (exact) mass is 411 g/mol. The number of morpholine rings is 1. The molecular weight excluding hydrogens is 386 g/mol. The first-order chi connectivity index (χ1) is 14.6. The molecule has 1 aliphatic rings. The van der Waals surface area contributed by atoms with Crippen LogP contribution in [0, 0.1) is 0 Å². The van der Waals surface area contributed by atoms with Gasteiger partial charge >= 0.3 is 5.97 Å². The van der Waals surface area contributed by atoms with Crippen molar-refractivity contribution in [3.05, 3.63) is 65.7 Å². The van der Waals surface area contributed by atoms with Crippen LogP contribution >= 0.6 is 0 Å². The predicted molar refractivity (Wildman–Crippen MR) is 111 cm³/mol. The number of amides is 1. The molecule has 2 aromatic rings. The van der Waals surface area contributed by atoms with E-state index in [0.29, 0.717) is 48.9 Å². The van der Waals surface area contributed by atoms with Crippen LogP contribution in [-0.2, 0) is 19.1 Å². The van der Waals surface area contributed by atoms with E-state index >= 15 is 0 Å². The molecule has 0 N–H and O–H groups in total. The molecule has 30 heavy (non-hydrogen) atoms. The molecule has 0 saturated carbocycles. The second kappa shape index (κ2) is 10.5. The van der Waals surface area contributed by atoms with E-state index in [4.69, 9.17) is 18.9 Å². The van der Waals surface area contributed by atoms with Gasteiger partial charge in [-0.25, -0.2) is 4.79 Å². The van der Waals surface area contributed by atoms with E-state index in [-0.39, 0.29) is 5.91 Å². The summed E-state index contributed by atoms with van der Waals surface area (Å²) in [5.74, 6) is 0.325. The maximum absolute atomic E-state index is 13.0. The average molecular weight is 411 g/mol. The van der Waals surface area contributed by atoms with Crippen molar-refractivity contribution in [1.82, 2.24) is 4.90 Å². The summed E-state index contributed by atoms with van der Waals surface area (Å²) in [5.41, 5.74) is 1.31. The fraction of sp³-hybridized carbons (Fsp3) is 0.304. The Hall–Kier alpha value is -3.32. The minimum atomic E-state index is -1.01. The third kappa shape index (κ3) is 5.39. The van der Waals surface area contributed by atoms with E-state index in [1.54, 1.807) is 60.6 Å². The van der Waals surface area contributed by atoms with Crippen molar-refractivity contribution in [3.8, 4) is 11.5 Å². The van der Waals surface area contributed by atoms with E-state index in [0.717, 1.165) is 0 Å². The van der Waals surface area contributed by atoms with Crippen LogP contribution in [0.1, 0.15) is 17.2 Å². The van der Waals surface area contributed by atoms with E-state index in [1.165, 1.54) is 13.2 Å². The van der Waals surface area contributed by atoms with Gasteiger partial charge in [0.25, 0.3) is 5.91 Å². The van der Waals surface area contributed by atoms with Crippen LogP contribution in [0.3, 0.4) is 0 Å². The third-order valence-electron chi connectivity index (χ3n) is 4.72. The molecule has 1 amide bonds. The zero-order valence-electron chi connectivity index (χ0n) is 17.1. The molecule has 1 saturated heterocycles. The minimum Gasteiger partial charge on any atom is -0.497 e. The number of benzene rings is 2. The zero-order valence-corrected chi connectivity index (χ0v) is 17.1. The van der Waals surface area contributed by atoms with Crippen LogP contribution in [-0.4, -0.2) is 57.3 Å². The highest BCUT2D eigenvalue weighted by molar-refractivity contribution is 5.91. The minimum absolute atomic E-state index is 0.256. The van der Waals surface area contributed by atoms with Gasteiger partial charge in [-0.3, -0.25) is 4.79 Å². The second-order valence-electron chi connectivity index (χ2n) is 6.61. The van der Waals surface area contributed by atoms with Crippen molar-refractivity contribution >= 4 is 18.0 Å². The topological polar surface area (TPSA) is 74.3 Å². The van der Waals surface area contributed by atoms with Crippen molar-refractivity contribution in [1.29, 1.82) is 0 Å². The predicted octanol–water partition coefficient (Wildman–Crippen LogP) is 2.86. The highest BCUT2D eigenvalue weighted by Crippen LogP contribution is 2.26. The Morgan fingerprint density at radius 2 is 1.77 bits per heavy atom. The number of hydrogen-bond acceptors (Lipinski definition) is 6. The van der Waals surface area contributed by atoms with E-state index < -0.39 is 12.1 Å². The largest absolute Gasteiger partial charge is 0.497 e. The molecule has 0 aliphatic carbocycles. The quantitative estimate of drug-likeness (QED) is 0.515. The number of methoxy groups -OCH3 is 2. The lowest BCUT2D eigenvalue weighted by atomic mass is 10.1. The summed E-state index contributed by atoms with van der Waals surface area (Å²) in [6.07, 6.45) is 1.86. The van der Waals surface area contributed by atoms with Crippen molar-refractivity contribution in [2.45, 2.75) is 6.10 Å². The molecule has 1 atom stereocenters. The Bertz CT molecular complexity index is 890. The number of carbonyl (C=O) groups is 2. The Balaban J connectivity index is 1.76. The number of carbonyl (C=O) groups excluding carboxylic acids is 2. The fourth-order valence-corrected chi connectivity index (χ4v) is 3.11. The Labute approximate surface area is 175 Å². The van der Waals surface area contributed by atoms with Crippen molar-refractivity contribution in [2.24, 2.45) is 0 Å². The molecule has 2 aromatic carbocycles. The highest BCUT2D eigenvalue weighted by Gasteiger charge is 2.30. The fourth-order valence-electron chi connectivity index (χ4n) is 3.11. The van der Waals surface area contributed by atoms with Crippen LogP contribution < -0.4 is 9.47 Å². The first-order valence-electron chi connectivity index (χ1n) is 9.64. The lowest BCUT2D eigenvalue weighted by Crippen LogP contribution is -2.44. The summed E-state index contributed by atoms with van der Waals surface area (Å²) in [6, 6.07) is 14.3. The van der Waals surface area contributed by atoms with Crippen molar-refractivity contribution in [3.63, 3.8) is 0 Å². The van der Waals surface area contributed by atoms with Crippen LogP contribution in [0.5, 0.6) is 11.5 Å². The first-order valence-corrected chi connectivity index (χ1v) is 9.64. The number of hydrogen-bond donors (Lipinski definition) is 0. The molecule has 0 bridgehead atoms. The molecule has 1 heterocycles. The van der Waals surface area contributed by atoms with Gasteiger partial charge in [0.2, 0.25) is 6.10 Å². The van der Waals surface area contributed by atoms with Gasteiger partial charge in [-0.2, -0.15) is 0 Å². The number of rotatable bonds is 7. The molecule has 158 valence electrons. The summed E-state index contributed by atoms with van der Waals surface area (Å²) < 4.78 is 21.4. The molecule has 0 aromatic heterocycles. The molecule has 3 rings (SSSR count). The number of nitrogens with zero attached hydrogens (tertiary/aromatic N) is 1. The molecule has 7 heteroatoms. The molecule has 1 aliphatic heterocycles. The lowest BCUT2D eigenvalue weighted by Gasteiger charge is -2.30. The lowest BCUT2D eigenvalue weighted by molar-refractivity contribution is -0.159. The molecule has 0 spiro atoms. The Morgan fingerprint density at radius 3 is 2.43 bits per heavy atom. The van der Waals surface area contributed by atoms with E-state index in [1.807, 2.05) is 6.07 Å². The van der Waals surface area contributed by atoms with Gasteiger partial charge in [0, 0.05) is 36.4 Å². The molecule has 7 nitrogen and oxygen atoms in total. The molecule has 0 radical (unpaired) electrons. The SMILES string of the molecule is COc1ccc(/C=C/C(=O)O[C@@H](C(=O)N2CCOCC2)c2ccccc2)c(OC)c1. The summed E-state index contributed by atoms with van der Waals surface area (Å²) in [5, 5.41) is 0. The highest BCUT2D eigenvalue weighted by atomic mass is 16.5.